The standard InChI is InChI=1S/C29H27ClF3N3O/c1-19(26(16-20-7-11-24(30)12-8-20)23-6-4-5-21(15-23)17-34)36-27(28(2,3)18-35)22-9-13-25(14-10-22)37-29(31,32)33/h4-15,19,26-27,36H,16H2,1-3H3/t19?,26?,27-/m0/s1. The molecule has 4 nitrogen and oxygen atoms in total. The van der Waals surface area contributed by atoms with Crippen LogP contribution in [0, 0.1) is 28.1 Å². The average Bonchev–Trinajstić information content (AvgIpc) is 2.86. The fourth-order valence-electron chi connectivity index (χ4n) is 4.32. The number of ether oxygens (including phenoxy) is 1. The van der Waals surface area contributed by atoms with Crippen LogP contribution >= 0.6 is 11.6 Å². The first-order chi connectivity index (χ1) is 17.4. The Labute approximate surface area is 220 Å². The molecular formula is C29H27ClF3N3O. The van der Waals surface area contributed by atoms with Crippen molar-refractivity contribution in [3.05, 3.63) is 100 Å². The number of hydrogen-bond donors (Lipinski definition) is 1. The third kappa shape index (κ3) is 7.73. The fraction of sp³-hybridized carbons (Fsp3) is 0.310. The van der Waals surface area contributed by atoms with Gasteiger partial charge in [0.1, 0.15) is 5.75 Å². The summed E-state index contributed by atoms with van der Waals surface area (Å²) in [5.41, 5.74) is 2.32. The van der Waals surface area contributed by atoms with Crippen molar-refractivity contribution in [3.8, 4) is 17.9 Å². The van der Waals surface area contributed by atoms with Gasteiger partial charge in [-0.05, 0) is 80.3 Å². The number of alkyl halides is 3. The van der Waals surface area contributed by atoms with Gasteiger partial charge in [-0.25, -0.2) is 0 Å². The zero-order chi connectivity index (χ0) is 27.2. The number of benzene rings is 3. The minimum Gasteiger partial charge on any atom is -0.406 e. The molecule has 0 aromatic heterocycles. The van der Waals surface area contributed by atoms with Crippen molar-refractivity contribution < 1.29 is 17.9 Å². The Morgan fingerprint density at radius 2 is 1.59 bits per heavy atom. The molecule has 0 amide bonds. The van der Waals surface area contributed by atoms with E-state index in [1.165, 1.54) is 24.3 Å². The predicted octanol–water partition coefficient (Wildman–Crippen LogP) is 7.71. The summed E-state index contributed by atoms with van der Waals surface area (Å²) in [5, 5.41) is 23.5. The molecular weight excluding hydrogens is 499 g/mol. The predicted molar refractivity (Wildman–Crippen MR) is 137 cm³/mol. The monoisotopic (exact) mass is 525 g/mol. The van der Waals surface area contributed by atoms with E-state index in [2.05, 4.69) is 22.2 Å². The van der Waals surface area contributed by atoms with Gasteiger partial charge < -0.3 is 10.1 Å². The summed E-state index contributed by atoms with van der Waals surface area (Å²) in [4.78, 5) is 0. The molecule has 0 aliphatic carbocycles. The molecule has 3 aromatic carbocycles. The van der Waals surface area contributed by atoms with E-state index in [9.17, 15) is 23.7 Å². The van der Waals surface area contributed by atoms with Crippen LogP contribution in [0.4, 0.5) is 13.2 Å². The van der Waals surface area contributed by atoms with Crippen molar-refractivity contribution in [1.82, 2.24) is 5.32 Å². The van der Waals surface area contributed by atoms with Crippen LogP contribution in [0.3, 0.4) is 0 Å². The Morgan fingerprint density at radius 1 is 0.946 bits per heavy atom. The number of rotatable bonds is 9. The van der Waals surface area contributed by atoms with Crippen molar-refractivity contribution >= 4 is 11.6 Å². The van der Waals surface area contributed by atoms with Gasteiger partial charge in [0.2, 0.25) is 0 Å². The largest absolute Gasteiger partial charge is 0.573 e. The molecule has 0 saturated heterocycles. The molecule has 3 atom stereocenters. The van der Waals surface area contributed by atoms with E-state index in [-0.39, 0.29) is 17.7 Å². The van der Waals surface area contributed by atoms with Crippen molar-refractivity contribution in [2.75, 3.05) is 0 Å². The molecule has 0 radical (unpaired) electrons. The SMILES string of the molecule is CC(N[C@@H](c1ccc(OC(F)(F)F)cc1)C(C)(C)C#N)C(Cc1ccc(Cl)cc1)c1cccc(C#N)c1. The Bertz CT molecular complexity index is 1280. The number of halogens is 4. The molecule has 0 heterocycles. The van der Waals surface area contributed by atoms with E-state index in [4.69, 9.17) is 11.6 Å². The smallest absolute Gasteiger partial charge is 0.406 e. The highest BCUT2D eigenvalue weighted by Crippen LogP contribution is 2.37. The maximum absolute atomic E-state index is 12.6. The zero-order valence-electron chi connectivity index (χ0n) is 20.7. The first kappa shape index (κ1) is 28.1. The summed E-state index contributed by atoms with van der Waals surface area (Å²) in [6, 6.07) is 24.3. The van der Waals surface area contributed by atoms with Gasteiger partial charge in [-0.15, -0.1) is 13.2 Å². The lowest BCUT2D eigenvalue weighted by Crippen LogP contribution is -2.42. The summed E-state index contributed by atoms with van der Waals surface area (Å²) in [5.74, 6) is -0.411. The molecule has 2 unspecified atom stereocenters. The van der Waals surface area contributed by atoms with E-state index < -0.39 is 17.8 Å². The van der Waals surface area contributed by atoms with Crippen LogP contribution in [0.5, 0.6) is 5.75 Å². The van der Waals surface area contributed by atoms with Crippen LogP contribution in [0.25, 0.3) is 0 Å². The van der Waals surface area contributed by atoms with E-state index in [0.29, 0.717) is 22.6 Å². The lowest BCUT2D eigenvalue weighted by molar-refractivity contribution is -0.274. The van der Waals surface area contributed by atoms with Crippen molar-refractivity contribution in [2.45, 2.75) is 51.6 Å². The van der Waals surface area contributed by atoms with Gasteiger partial charge in [0, 0.05) is 17.0 Å². The van der Waals surface area contributed by atoms with Crippen LogP contribution in [0.1, 0.15) is 55.0 Å². The highest BCUT2D eigenvalue weighted by molar-refractivity contribution is 6.30. The summed E-state index contributed by atoms with van der Waals surface area (Å²) >= 11 is 6.07. The van der Waals surface area contributed by atoms with Gasteiger partial charge in [0.15, 0.2) is 0 Å². The maximum Gasteiger partial charge on any atom is 0.573 e. The molecule has 0 spiro atoms. The summed E-state index contributed by atoms with van der Waals surface area (Å²) < 4.78 is 41.9. The maximum atomic E-state index is 12.6. The number of nitrogens with one attached hydrogen (secondary N) is 1. The van der Waals surface area contributed by atoms with Gasteiger partial charge >= 0.3 is 6.36 Å². The van der Waals surface area contributed by atoms with E-state index in [1.54, 1.807) is 19.9 Å². The summed E-state index contributed by atoms with van der Waals surface area (Å²) in [7, 11) is 0. The normalized spacial score (nSPS) is 14.2. The third-order valence-corrected chi connectivity index (χ3v) is 6.55. The minimum atomic E-state index is -4.79. The van der Waals surface area contributed by atoms with Crippen LogP contribution < -0.4 is 10.1 Å². The first-order valence-electron chi connectivity index (χ1n) is 11.7. The molecule has 192 valence electrons. The molecule has 0 saturated carbocycles. The second-order valence-corrected chi connectivity index (χ2v) is 9.95. The van der Waals surface area contributed by atoms with Crippen molar-refractivity contribution in [3.63, 3.8) is 0 Å². The van der Waals surface area contributed by atoms with Crippen LogP contribution in [-0.2, 0) is 6.42 Å². The lowest BCUT2D eigenvalue weighted by atomic mass is 9.79. The molecule has 0 aliphatic heterocycles. The van der Waals surface area contributed by atoms with Crippen LogP contribution in [0.15, 0.2) is 72.8 Å². The number of nitrogens with zero attached hydrogens (tertiary/aromatic N) is 2. The van der Waals surface area contributed by atoms with Crippen molar-refractivity contribution in [1.29, 1.82) is 10.5 Å². The number of nitriles is 2. The van der Waals surface area contributed by atoms with Gasteiger partial charge in [-0.3, -0.25) is 0 Å². The Balaban J connectivity index is 1.96. The second-order valence-electron chi connectivity index (χ2n) is 9.51. The van der Waals surface area contributed by atoms with Gasteiger partial charge in [-0.1, -0.05) is 48.0 Å². The molecule has 0 fully saturated rings. The molecule has 1 N–H and O–H groups in total. The Morgan fingerprint density at radius 3 is 2.16 bits per heavy atom. The van der Waals surface area contributed by atoms with Crippen molar-refractivity contribution in [2.24, 2.45) is 5.41 Å². The molecule has 8 heteroatoms. The van der Waals surface area contributed by atoms with Gasteiger partial charge in [0.05, 0.1) is 29.2 Å². The summed E-state index contributed by atoms with van der Waals surface area (Å²) in [6.45, 7) is 5.56. The topological polar surface area (TPSA) is 68.8 Å². The Hall–Kier alpha value is -3.52. The third-order valence-electron chi connectivity index (χ3n) is 6.30. The highest BCUT2D eigenvalue weighted by Gasteiger charge is 2.35. The molecule has 3 aromatic rings. The van der Waals surface area contributed by atoms with Gasteiger partial charge in [0.25, 0.3) is 0 Å². The summed E-state index contributed by atoms with van der Waals surface area (Å²) in [6.07, 6.45) is -4.15. The van der Waals surface area contributed by atoms with Crippen LogP contribution in [0.2, 0.25) is 5.02 Å². The highest BCUT2D eigenvalue weighted by atomic mass is 35.5. The van der Waals surface area contributed by atoms with E-state index >= 15 is 0 Å². The molecule has 3 rings (SSSR count). The number of hydrogen-bond acceptors (Lipinski definition) is 4. The second kappa shape index (κ2) is 11.7. The quantitative estimate of drug-likeness (QED) is 0.310. The lowest BCUT2D eigenvalue weighted by Gasteiger charge is -2.36. The van der Waals surface area contributed by atoms with E-state index in [1.807, 2.05) is 49.4 Å². The fourth-order valence-corrected chi connectivity index (χ4v) is 4.45. The minimum absolute atomic E-state index is 0.0840. The Kier molecular flexibility index (Phi) is 8.86. The average molecular weight is 526 g/mol. The zero-order valence-corrected chi connectivity index (χ0v) is 21.4. The van der Waals surface area contributed by atoms with Gasteiger partial charge in [-0.2, -0.15) is 10.5 Å². The molecule has 0 aliphatic rings. The van der Waals surface area contributed by atoms with Crippen LogP contribution in [-0.4, -0.2) is 12.4 Å². The molecule has 37 heavy (non-hydrogen) atoms. The first-order valence-corrected chi connectivity index (χ1v) is 12.1. The molecule has 0 bridgehead atoms. The van der Waals surface area contributed by atoms with E-state index in [0.717, 1.165) is 11.1 Å².